The quantitative estimate of drug-likeness (QED) is 0.543. The molecule has 2 N–H and O–H groups in total. The van der Waals surface area contributed by atoms with E-state index >= 15 is 0 Å². The maximum absolute atomic E-state index is 12.0. The summed E-state index contributed by atoms with van der Waals surface area (Å²) in [5.41, 5.74) is 2.96. The molecule has 0 unspecified atom stereocenters. The second kappa shape index (κ2) is 8.17. The Morgan fingerprint density at radius 1 is 0.821 bits per heavy atom. The SMILES string of the molecule is O=C(NCc1ccc(-n2ccnc2)cc1)NCc1ccc(-n2ccnc2)nc1. The average molecular weight is 373 g/mol. The average Bonchev–Trinajstić information content (AvgIpc) is 3.46. The topological polar surface area (TPSA) is 89.7 Å². The Labute approximate surface area is 161 Å². The fraction of sp³-hybridized carbons (Fsp3) is 0.100. The standard InChI is InChI=1S/C20H19N7O/c28-20(24-11-16-1-4-18(5-2-16)26-9-7-21-14-26)25-13-17-3-6-19(23-12-17)27-10-8-22-15-27/h1-10,12,14-15H,11,13H2,(H2,24,25,28). The first-order chi connectivity index (χ1) is 13.8. The van der Waals surface area contributed by atoms with Gasteiger partial charge in [-0.3, -0.25) is 4.57 Å². The number of pyridine rings is 1. The van der Waals surface area contributed by atoms with E-state index < -0.39 is 0 Å². The van der Waals surface area contributed by atoms with Crippen LogP contribution in [0.2, 0.25) is 0 Å². The second-order valence-corrected chi connectivity index (χ2v) is 6.17. The molecule has 1 aromatic carbocycles. The van der Waals surface area contributed by atoms with Gasteiger partial charge in [0.1, 0.15) is 12.1 Å². The van der Waals surface area contributed by atoms with E-state index in [0.717, 1.165) is 22.6 Å². The normalized spacial score (nSPS) is 10.6. The van der Waals surface area contributed by atoms with Gasteiger partial charge in [-0.05, 0) is 29.3 Å². The maximum Gasteiger partial charge on any atom is 0.315 e. The summed E-state index contributed by atoms with van der Waals surface area (Å²) in [6, 6.07) is 11.5. The van der Waals surface area contributed by atoms with Crippen LogP contribution < -0.4 is 10.6 Å². The Bertz CT molecular complexity index is 924. The summed E-state index contributed by atoms with van der Waals surface area (Å²) in [7, 11) is 0. The minimum atomic E-state index is -0.225. The highest BCUT2D eigenvalue weighted by Crippen LogP contribution is 2.09. The van der Waals surface area contributed by atoms with E-state index in [-0.39, 0.29) is 6.03 Å². The number of urea groups is 1. The Kier molecular flexibility index (Phi) is 5.10. The van der Waals surface area contributed by atoms with Gasteiger partial charge in [-0.15, -0.1) is 0 Å². The molecule has 0 spiro atoms. The molecule has 0 aliphatic carbocycles. The number of rotatable bonds is 6. The number of nitrogens with one attached hydrogen (secondary N) is 2. The van der Waals surface area contributed by atoms with Crippen LogP contribution in [0.25, 0.3) is 11.5 Å². The van der Waals surface area contributed by atoms with Crippen LogP contribution in [-0.2, 0) is 13.1 Å². The highest BCUT2D eigenvalue weighted by Gasteiger charge is 2.03. The molecule has 140 valence electrons. The van der Waals surface area contributed by atoms with E-state index in [4.69, 9.17) is 0 Å². The van der Waals surface area contributed by atoms with Crippen molar-refractivity contribution >= 4 is 6.03 Å². The first-order valence-corrected chi connectivity index (χ1v) is 8.80. The molecule has 0 aliphatic rings. The molecular formula is C20H19N7O. The summed E-state index contributed by atoms with van der Waals surface area (Å²) >= 11 is 0. The Hall–Kier alpha value is -3.94. The van der Waals surface area contributed by atoms with Gasteiger partial charge in [0.15, 0.2) is 0 Å². The van der Waals surface area contributed by atoms with E-state index in [1.165, 1.54) is 0 Å². The largest absolute Gasteiger partial charge is 0.334 e. The van der Waals surface area contributed by atoms with Gasteiger partial charge < -0.3 is 15.2 Å². The van der Waals surface area contributed by atoms with Gasteiger partial charge in [0.05, 0.1) is 6.33 Å². The summed E-state index contributed by atoms with van der Waals surface area (Å²) in [6.07, 6.45) is 12.3. The number of carbonyl (C=O) groups excluding carboxylic acids is 1. The van der Waals surface area contributed by atoms with Crippen molar-refractivity contribution < 1.29 is 4.79 Å². The molecule has 8 heteroatoms. The lowest BCUT2D eigenvalue weighted by Crippen LogP contribution is -2.34. The third kappa shape index (κ3) is 4.24. The number of hydrogen-bond acceptors (Lipinski definition) is 4. The van der Waals surface area contributed by atoms with Crippen LogP contribution in [0.3, 0.4) is 0 Å². The van der Waals surface area contributed by atoms with Gasteiger partial charge in [0, 0.05) is 49.8 Å². The molecule has 0 atom stereocenters. The van der Waals surface area contributed by atoms with E-state index in [1.807, 2.05) is 57.9 Å². The summed E-state index contributed by atoms with van der Waals surface area (Å²) in [5.74, 6) is 0.782. The molecule has 3 heterocycles. The molecule has 0 saturated heterocycles. The smallest absolute Gasteiger partial charge is 0.315 e. The van der Waals surface area contributed by atoms with Crippen LogP contribution in [-0.4, -0.2) is 30.1 Å². The molecular weight excluding hydrogens is 354 g/mol. The minimum absolute atomic E-state index is 0.225. The van der Waals surface area contributed by atoms with Gasteiger partial charge in [-0.2, -0.15) is 0 Å². The van der Waals surface area contributed by atoms with Crippen LogP contribution >= 0.6 is 0 Å². The Morgan fingerprint density at radius 3 is 2.07 bits per heavy atom. The molecule has 0 saturated carbocycles. The number of aromatic nitrogens is 5. The lowest BCUT2D eigenvalue weighted by Gasteiger charge is -2.09. The van der Waals surface area contributed by atoms with Crippen molar-refractivity contribution in [1.29, 1.82) is 0 Å². The molecule has 0 fully saturated rings. The van der Waals surface area contributed by atoms with E-state index in [2.05, 4.69) is 25.6 Å². The molecule has 3 aromatic heterocycles. The van der Waals surface area contributed by atoms with Crippen LogP contribution in [0.4, 0.5) is 4.79 Å². The first-order valence-electron chi connectivity index (χ1n) is 8.80. The van der Waals surface area contributed by atoms with Gasteiger partial charge in [-0.25, -0.2) is 19.7 Å². The third-order valence-corrected chi connectivity index (χ3v) is 4.22. The van der Waals surface area contributed by atoms with Gasteiger partial charge in [0.2, 0.25) is 0 Å². The van der Waals surface area contributed by atoms with Crippen molar-refractivity contribution in [3.63, 3.8) is 0 Å². The van der Waals surface area contributed by atoms with Crippen molar-refractivity contribution in [3.8, 4) is 11.5 Å². The summed E-state index contributed by atoms with van der Waals surface area (Å²) < 4.78 is 3.75. The number of imidazole rings is 2. The molecule has 4 rings (SSSR count). The highest BCUT2D eigenvalue weighted by molar-refractivity contribution is 5.73. The van der Waals surface area contributed by atoms with Crippen LogP contribution in [0, 0.1) is 0 Å². The van der Waals surface area contributed by atoms with Crippen LogP contribution in [0.5, 0.6) is 0 Å². The van der Waals surface area contributed by atoms with Crippen LogP contribution in [0.15, 0.2) is 80.0 Å². The zero-order chi connectivity index (χ0) is 19.2. The Morgan fingerprint density at radius 2 is 1.46 bits per heavy atom. The van der Waals surface area contributed by atoms with Gasteiger partial charge in [0.25, 0.3) is 0 Å². The van der Waals surface area contributed by atoms with E-state index in [0.29, 0.717) is 13.1 Å². The fourth-order valence-corrected chi connectivity index (χ4v) is 2.69. The lowest BCUT2D eigenvalue weighted by atomic mass is 10.2. The lowest BCUT2D eigenvalue weighted by molar-refractivity contribution is 0.240. The fourth-order valence-electron chi connectivity index (χ4n) is 2.69. The zero-order valence-corrected chi connectivity index (χ0v) is 15.1. The van der Waals surface area contributed by atoms with Crippen molar-refractivity contribution in [2.24, 2.45) is 0 Å². The summed E-state index contributed by atoms with van der Waals surface area (Å²) in [4.78, 5) is 24.4. The molecule has 0 bridgehead atoms. The molecule has 2 amide bonds. The molecule has 0 radical (unpaired) electrons. The van der Waals surface area contributed by atoms with Crippen molar-refractivity contribution in [3.05, 3.63) is 91.2 Å². The highest BCUT2D eigenvalue weighted by atomic mass is 16.2. The second-order valence-electron chi connectivity index (χ2n) is 6.17. The third-order valence-electron chi connectivity index (χ3n) is 4.22. The number of benzene rings is 1. The number of amides is 2. The molecule has 4 aromatic rings. The molecule has 0 aliphatic heterocycles. The van der Waals surface area contributed by atoms with Crippen molar-refractivity contribution in [2.45, 2.75) is 13.1 Å². The maximum atomic E-state index is 12.0. The summed E-state index contributed by atoms with van der Waals surface area (Å²) in [5, 5.41) is 5.69. The van der Waals surface area contributed by atoms with E-state index in [9.17, 15) is 4.79 Å². The van der Waals surface area contributed by atoms with Crippen LogP contribution in [0.1, 0.15) is 11.1 Å². The predicted octanol–water partition coefficient (Wildman–Crippen LogP) is 2.45. The minimum Gasteiger partial charge on any atom is -0.334 e. The number of hydrogen-bond donors (Lipinski definition) is 2. The zero-order valence-electron chi connectivity index (χ0n) is 15.1. The summed E-state index contributed by atoms with van der Waals surface area (Å²) in [6.45, 7) is 0.858. The van der Waals surface area contributed by atoms with Gasteiger partial charge in [-0.1, -0.05) is 18.2 Å². The molecule has 8 nitrogen and oxygen atoms in total. The number of carbonyl (C=O) groups is 1. The number of nitrogens with zero attached hydrogens (tertiary/aromatic N) is 5. The van der Waals surface area contributed by atoms with Crippen molar-refractivity contribution in [2.75, 3.05) is 0 Å². The first kappa shape index (κ1) is 17.5. The van der Waals surface area contributed by atoms with Gasteiger partial charge >= 0.3 is 6.03 Å². The van der Waals surface area contributed by atoms with Crippen molar-refractivity contribution in [1.82, 2.24) is 34.7 Å². The monoisotopic (exact) mass is 373 g/mol. The molecule has 28 heavy (non-hydrogen) atoms. The predicted molar refractivity (Wildman–Crippen MR) is 104 cm³/mol. The van der Waals surface area contributed by atoms with E-state index in [1.54, 1.807) is 31.2 Å². The Balaban J connectivity index is 1.24.